The summed E-state index contributed by atoms with van der Waals surface area (Å²) in [4.78, 5) is 0. The van der Waals surface area contributed by atoms with Crippen LogP contribution in [0.15, 0.2) is 52.5 Å². The van der Waals surface area contributed by atoms with Crippen LogP contribution in [0.1, 0.15) is 18.1 Å². The summed E-state index contributed by atoms with van der Waals surface area (Å²) in [6, 6.07) is 14.9. The molecule has 0 saturated heterocycles. The Morgan fingerprint density at radius 1 is 1.00 bits per heavy atom. The third-order valence-corrected chi connectivity index (χ3v) is 3.88. The molecule has 2 aromatic carbocycles. The molecule has 0 heterocycles. The summed E-state index contributed by atoms with van der Waals surface area (Å²) < 4.78 is 1.19. The second-order valence-corrected chi connectivity index (χ2v) is 5.38. The second-order valence-electron chi connectivity index (χ2n) is 4.52. The molecule has 84 valence electrons. The highest BCUT2D eigenvalue weighted by atomic mass is 79.9. The van der Waals surface area contributed by atoms with Crippen LogP contribution in [0, 0.1) is 0 Å². The predicted octanol–water partition coefficient (Wildman–Crippen LogP) is 5.08. The van der Waals surface area contributed by atoms with Crippen molar-refractivity contribution in [2.45, 2.75) is 13.3 Å². The molecule has 0 saturated carbocycles. The molecule has 0 aliphatic heterocycles. The molecule has 0 unspecified atom stereocenters. The molecule has 0 nitrogen and oxygen atoms in total. The highest BCUT2D eigenvalue weighted by molar-refractivity contribution is 9.10. The molecule has 0 radical (unpaired) electrons. The molecule has 0 fully saturated rings. The van der Waals surface area contributed by atoms with Crippen LogP contribution in [0.4, 0.5) is 0 Å². The predicted molar refractivity (Wildman–Crippen MR) is 76.9 cm³/mol. The minimum absolute atomic E-state index is 1.07. The molecule has 17 heavy (non-hydrogen) atoms. The molecule has 0 aromatic heterocycles. The number of fused-ring (bicyclic) bond motifs is 1. The Balaban J connectivity index is 2.23. The zero-order chi connectivity index (χ0) is 11.8. The lowest BCUT2D eigenvalue weighted by atomic mass is 9.96. The van der Waals surface area contributed by atoms with Gasteiger partial charge < -0.3 is 0 Å². The largest absolute Gasteiger partial charge is 0.0683 e. The van der Waals surface area contributed by atoms with E-state index >= 15 is 0 Å². The van der Waals surface area contributed by atoms with Crippen LogP contribution in [0.3, 0.4) is 0 Å². The zero-order valence-electron chi connectivity index (χ0n) is 9.70. The number of hydrogen-bond donors (Lipinski definition) is 0. The monoisotopic (exact) mass is 284 g/mol. The van der Waals surface area contributed by atoms with Crippen molar-refractivity contribution in [1.82, 2.24) is 0 Å². The number of benzene rings is 2. The number of rotatable bonds is 1. The smallest absolute Gasteiger partial charge is 0.0257 e. The Kier molecular flexibility index (Phi) is 2.64. The van der Waals surface area contributed by atoms with Crippen molar-refractivity contribution in [2.24, 2.45) is 0 Å². The summed E-state index contributed by atoms with van der Waals surface area (Å²) in [5, 5.41) is 0. The first-order chi connectivity index (χ1) is 8.25. The van der Waals surface area contributed by atoms with E-state index in [9.17, 15) is 0 Å². The van der Waals surface area contributed by atoms with Gasteiger partial charge in [-0.15, -0.1) is 0 Å². The molecule has 0 atom stereocenters. The van der Waals surface area contributed by atoms with E-state index < -0.39 is 0 Å². The zero-order valence-corrected chi connectivity index (χ0v) is 11.3. The van der Waals surface area contributed by atoms with Crippen molar-refractivity contribution in [3.8, 4) is 11.1 Å². The van der Waals surface area contributed by atoms with Gasteiger partial charge in [0.05, 0.1) is 0 Å². The highest BCUT2D eigenvalue weighted by Gasteiger charge is 2.17. The fourth-order valence-corrected chi connectivity index (χ4v) is 3.07. The molecule has 1 heteroatoms. The van der Waals surface area contributed by atoms with Crippen LogP contribution in [-0.4, -0.2) is 0 Å². The third-order valence-electron chi connectivity index (χ3n) is 3.22. The molecular weight excluding hydrogens is 272 g/mol. The van der Waals surface area contributed by atoms with Gasteiger partial charge in [0.1, 0.15) is 0 Å². The maximum absolute atomic E-state index is 3.68. The van der Waals surface area contributed by atoms with Crippen molar-refractivity contribution in [3.63, 3.8) is 0 Å². The van der Waals surface area contributed by atoms with E-state index in [1.165, 1.54) is 32.3 Å². The van der Waals surface area contributed by atoms with Crippen LogP contribution < -0.4 is 0 Å². The Morgan fingerprint density at radius 2 is 1.76 bits per heavy atom. The Labute approximate surface area is 110 Å². The SMILES string of the molecule is CC1=Cc2ccc(Br)c(-c3ccccc3)c2C1. The highest BCUT2D eigenvalue weighted by Crippen LogP contribution is 2.38. The molecule has 1 aliphatic rings. The summed E-state index contributed by atoms with van der Waals surface area (Å²) in [5.74, 6) is 0. The maximum Gasteiger partial charge on any atom is 0.0257 e. The van der Waals surface area contributed by atoms with E-state index in [4.69, 9.17) is 0 Å². The van der Waals surface area contributed by atoms with Crippen LogP contribution in [0.2, 0.25) is 0 Å². The van der Waals surface area contributed by atoms with Gasteiger partial charge in [-0.2, -0.15) is 0 Å². The van der Waals surface area contributed by atoms with Gasteiger partial charge in [-0.05, 0) is 41.7 Å². The fraction of sp³-hybridized carbons (Fsp3) is 0.125. The summed E-state index contributed by atoms with van der Waals surface area (Å²) in [5.41, 5.74) is 6.89. The molecule has 2 aromatic rings. The van der Waals surface area contributed by atoms with Crippen LogP contribution in [0.25, 0.3) is 17.2 Å². The van der Waals surface area contributed by atoms with Gasteiger partial charge in [-0.25, -0.2) is 0 Å². The van der Waals surface area contributed by atoms with Crippen molar-refractivity contribution in [3.05, 3.63) is 63.6 Å². The molecule has 0 bridgehead atoms. The Hall–Kier alpha value is -1.34. The van der Waals surface area contributed by atoms with Gasteiger partial charge in [0, 0.05) is 4.47 Å². The molecule has 0 amide bonds. The quantitative estimate of drug-likeness (QED) is 0.685. The Morgan fingerprint density at radius 3 is 2.53 bits per heavy atom. The third kappa shape index (κ3) is 1.85. The summed E-state index contributed by atoms with van der Waals surface area (Å²) in [6.45, 7) is 2.20. The molecule has 0 spiro atoms. The maximum atomic E-state index is 3.68. The average Bonchev–Trinajstić information content (AvgIpc) is 2.70. The minimum Gasteiger partial charge on any atom is -0.0683 e. The van der Waals surface area contributed by atoms with E-state index in [1.807, 2.05) is 0 Å². The van der Waals surface area contributed by atoms with Crippen LogP contribution in [-0.2, 0) is 6.42 Å². The number of hydrogen-bond acceptors (Lipinski definition) is 0. The lowest BCUT2D eigenvalue weighted by Crippen LogP contribution is -1.91. The fourth-order valence-electron chi connectivity index (χ4n) is 2.47. The summed E-state index contributed by atoms with van der Waals surface area (Å²) >= 11 is 3.68. The number of halogens is 1. The van der Waals surface area contributed by atoms with Crippen molar-refractivity contribution in [1.29, 1.82) is 0 Å². The van der Waals surface area contributed by atoms with E-state index in [-0.39, 0.29) is 0 Å². The average molecular weight is 285 g/mol. The van der Waals surface area contributed by atoms with Crippen molar-refractivity contribution in [2.75, 3.05) is 0 Å². The standard InChI is InChI=1S/C16H13Br/c1-11-9-13-7-8-15(17)16(14(13)10-11)12-5-3-2-4-6-12/h2-9H,10H2,1H3. The lowest BCUT2D eigenvalue weighted by Gasteiger charge is -2.11. The van der Waals surface area contributed by atoms with Gasteiger partial charge >= 0.3 is 0 Å². The van der Waals surface area contributed by atoms with E-state index in [2.05, 4.69) is 71.4 Å². The van der Waals surface area contributed by atoms with Gasteiger partial charge in [0.2, 0.25) is 0 Å². The normalized spacial score (nSPS) is 13.4. The summed E-state index contributed by atoms with van der Waals surface area (Å²) in [7, 11) is 0. The molecule has 3 rings (SSSR count). The van der Waals surface area contributed by atoms with E-state index in [1.54, 1.807) is 0 Å². The van der Waals surface area contributed by atoms with Gasteiger partial charge in [0.15, 0.2) is 0 Å². The van der Waals surface area contributed by atoms with Gasteiger partial charge in [-0.1, -0.05) is 64.0 Å². The van der Waals surface area contributed by atoms with Crippen molar-refractivity contribution >= 4 is 22.0 Å². The first-order valence-electron chi connectivity index (χ1n) is 5.79. The first kappa shape index (κ1) is 10.8. The van der Waals surface area contributed by atoms with Crippen molar-refractivity contribution < 1.29 is 0 Å². The Bertz CT molecular complexity index is 594. The topological polar surface area (TPSA) is 0 Å². The number of allylic oxidation sites excluding steroid dienone is 1. The van der Waals surface area contributed by atoms with Gasteiger partial charge in [0.25, 0.3) is 0 Å². The van der Waals surface area contributed by atoms with E-state index in [0.29, 0.717) is 0 Å². The second kappa shape index (κ2) is 4.15. The van der Waals surface area contributed by atoms with E-state index in [0.717, 1.165) is 6.42 Å². The molecular formula is C16H13Br. The lowest BCUT2D eigenvalue weighted by molar-refractivity contribution is 1.19. The van der Waals surface area contributed by atoms with Crippen LogP contribution >= 0.6 is 15.9 Å². The van der Waals surface area contributed by atoms with Gasteiger partial charge in [-0.3, -0.25) is 0 Å². The molecule has 0 N–H and O–H groups in total. The summed E-state index contributed by atoms with van der Waals surface area (Å²) in [6.07, 6.45) is 3.35. The van der Waals surface area contributed by atoms with Crippen LogP contribution in [0.5, 0.6) is 0 Å². The minimum atomic E-state index is 1.07. The molecule has 1 aliphatic carbocycles. The first-order valence-corrected chi connectivity index (χ1v) is 6.59.